The minimum Gasteiger partial charge on any atom is -0.480 e. The van der Waals surface area contributed by atoms with E-state index in [9.17, 15) is 22.8 Å². The van der Waals surface area contributed by atoms with Crippen LogP contribution in [0.2, 0.25) is 0 Å². The van der Waals surface area contributed by atoms with Crippen molar-refractivity contribution in [2.45, 2.75) is 51.2 Å². The van der Waals surface area contributed by atoms with Crippen LogP contribution in [0.15, 0.2) is 0 Å². The monoisotopic (exact) mass is 284 g/mol. The average Bonchev–Trinajstić information content (AvgIpc) is 2.26. The van der Waals surface area contributed by atoms with Gasteiger partial charge in [0.15, 0.2) is 0 Å². The summed E-state index contributed by atoms with van der Waals surface area (Å²) in [6.07, 6.45) is -4.04. The minimum absolute atomic E-state index is 0.0684. The van der Waals surface area contributed by atoms with Crippen molar-refractivity contribution < 1.29 is 27.9 Å². The van der Waals surface area contributed by atoms with Gasteiger partial charge in [-0.05, 0) is 19.3 Å². The molecule has 8 heteroatoms. The van der Waals surface area contributed by atoms with Gasteiger partial charge in [0.2, 0.25) is 0 Å². The Labute approximate surface area is 109 Å². The Morgan fingerprint density at radius 1 is 1.26 bits per heavy atom. The highest BCUT2D eigenvalue weighted by atomic mass is 19.4. The smallest absolute Gasteiger partial charge is 0.389 e. The minimum atomic E-state index is -4.18. The van der Waals surface area contributed by atoms with E-state index in [0.717, 1.165) is 0 Å². The second-order valence-corrected chi connectivity index (χ2v) is 4.15. The number of carbonyl (C=O) groups is 2. The van der Waals surface area contributed by atoms with Crippen LogP contribution in [-0.2, 0) is 4.79 Å². The molecule has 19 heavy (non-hydrogen) atoms. The number of hydrogen-bond acceptors (Lipinski definition) is 2. The molecule has 0 aromatic carbocycles. The molecule has 0 aliphatic carbocycles. The van der Waals surface area contributed by atoms with Crippen molar-refractivity contribution in [2.75, 3.05) is 6.54 Å². The zero-order valence-corrected chi connectivity index (χ0v) is 10.7. The number of carboxylic acids is 1. The van der Waals surface area contributed by atoms with Crippen LogP contribution >= 0.6 is 0 Å². The normalized spacial score (nSPS) is 12.8. The third kappa shape index (κ3) is 10.2. The number of rotatable bonds is 8. The average molecular weight is 284 g/mol. The molecule has 1 atom stereocenters. The summed E-state index contributed by atoms with van der Waals surface area (Å²) in [6.45, 7) is 1.87. The van der Waals surface area contributed by atoms with Gasteiger partial charge in [0.25, 0.3) is 0 Å². The highest BCUT2D eigenvalue weighted by molar-refractivity contribution is 5.82. The van der Waals surface area contributed by atoms with Gasteiger partial charge >= 0.3 is 18.2 Å². The molecule has 0 radical (unpaired) electrons. The van der Waals surface area contributed by atoms with Crippen LogP contribution < -0.4 is 10.6 Å². The highest BCUT2D eigenvalue weighted by Gasteiger charge is 2.25. The molecule has 112 valence electrons. The summed E-state index contributed by atoms with van der Waals surface area (Å²) in [6, 6.07) is -1.65. The number of carbonyl (C=O) groups excluding carboxylic acids is 1. The van der Waals surface area contributed by atoms with Gasteiger partial charge in [-0.15, -0.1) is 0 Å². The molecule has 0 aromatic heterocycles. The fourth-order valence-corrected chi connectivity index (χ4v) is 1.41. The third-order valence-corrected chi connectivity index (χ3v) is 2.35. The largest absolute Gasteiger partial charge is 0.480 e. The number of halogens is 3. The number of nitrogens with one attached hydrogen (secondary N) is 2. The molecule has 0 heterocycles. The molecule has 0 spiro atoms. The van der Waals surface area contributed by atoms with E-state index in [-0.39, 0.29) is 19.4 Å². The van der Waals surface area contributed by atoms with Crippen LogP contribution in [0.3, 0.4) is 0 Å². The lowest BCUT2D eigenvalue weighted by molar-refractivity contribution is -0.139. The third-order valence-electron chi connectivity index (χ3n) is 2.35. The zero-order chi connectivity index (χ0) is 14.9. The van der Waals surface area contributed by atoms with Gasteiger partial charge in [-0.25, -0.2) is 9.59 Å². The lowest BCUT2D eigenvalue weighted by Gasteiger charge is -2.14. The molecule has 0 saturated carbocycles. The molecule has 0 aliphatic rings. The van der Waals surface area contributed by atoms with Gasteiger partial charge in [0.05, 0.1) is 0 Å². The fraction of sp³-hybridized carbons (Fsp3) is 0.818. The summed E-state index contributed by atoms with van der Waals surface area (Å²) in [5, 5.41) is 13.4. The van der Waals surface area contributed by atoms with Crippen molar-refractivity contribution >= 4 is 12.0 Å². The topological polar surface area (TPSA) is 78.4 Å². The number of carboxylic acid groups (broad SMARTS) is 1. The Kier molecular flexibility index (Phi) is 7.94. The van der Waals surface area contributed by atoms with E-state index in [1.54, 1.807) is 6.92 Å². The van der Waals surface area contributed by atoms with Gasteiger partial charge in [-0.1, -0.05) is 13.3 Å². The van der Waals surface area contributed by atoms with Crippen molar-refractivity contribution in [1.82, 2.24) is 10.6 Å². The van der Waals surface area contributed by atoms with Crippen molar-refractivity contribution in [3.8, 4) is 0 Å². The lowest BCUT2D eigenvalue weighted by Crippen LogP contribution is -2.46. The summed E-state index contributed by atoms with van der Waals surface area (Å²) in [4.78, 5) is 22.0. The molecule has 0 aromatic rings. The van der Waals surface area contributed by atoms with Crippen LogP contribution in [0.5, 0.6) is 0 Å². The first-order valence-electron chi connectivity index (χ1n) is 6.10. The maximum Gasteiger partial charge on any atom is 0.389 e. The maximum absolute atomic E-state index is 11.8. The second-order valence-electron chi connectivity index (χ2n) is 4.15. The predicted molar refractivity (Wildman–Crippen MR) is 62.8 cm³/mol. The fourth-order valence-electron chi connectivity index (χ4n) is 1.41. The molecule has 0 saturated heterocycles. The molecular formula is C11H19F3N2O3. The van der Waals surface area contributed by atoms with Crippen LogP contribution in [0.25, 0.3) is 0 Å². The number of urea groups is 1. The van der Waals surface area contributed by atoms with Crippen LogP contribution in [0.1, 0.15) is 39.0 Å². The van der Waals surface area contributed by atoms with Gasteiger partial charge < -0.3 is 15.7 Å². The van der Waals surface area contributed by atoms with Crippen molar-refractivity contribution in [2.24, 2.45) is 0 Å². The molecule has 3 N–H and O–H groups in total. The van der Waals surface area contributed by atoms with Gasteiger partial charge in [-0.3, -0.25) is 0 Å². The van der Waals surface area contributed by atoms with E-state index in [0.29, 0.717) is 12.8 Å². The van der Waals surface area contributed by atoms with Crippen molar-refractivity contribution in [3.63, 3.8) is 0 Å². The standard InChI is InChI=1S/C11H19F3N2O3/c1-2-5-8(9(17)18)16-10(19)15-7-4-3-6-11(12,13)14/h8H,2-7H2,1H3,(H,17,18)(H2,15,16,19)/t8-/m0/s1. The summed E-state index contributed by atoms with van der Waals surface area (Å²) in [7, 11) is 0. The molecule has 0 bridgehead atoms. The first-order valence-corrected chi connectivity index (χ1v) is 6.10. The van der Waals surface area contributed by atoms with Crippen LogP contribution in [0.4, 0.5) is 18.0 Å². The summed E-state index contributed by atoms with van der Waals surface area (Å²) < 4.78 is 35.5. The van der Waals surface area contributed by atoms with Gasteiger partial charge in [0, 0.05) is 13.0 Å². The molecule has 0 aliphatic heterocycles. The highest BCUT2D eigenvalue weighted by Crippen LogP contribution is 2.21. The molecule has 5 nitrogen and oxygen atoms in total. The van der Waals surface area contributed by atoms with Crippen molar-refractivity contribution in [3.05, 3.63) is 0 Å². The second kappa shape index (κ2) is 8.60. The molecule has 0 unspecified atom stereocenters. The number of hydrogen-bond donors (Lipinski definition) is 3. The van der Waals surface area contributed by atoms with Gasteiger partial charge in [0.1, 0.15) is 6.04 Å². The Balaban J connectivity index is 3.77. The van der Waals surface area contributed by atoms with E-state index in [1.807, 2.05) is 0 Å². The van der Waals surface area contributed by atoms with E-state index in [4.69, 9.17) is 5.11 Å². The molecule has 0 fully saturated rings. The van der Waals surface area contributed by atoms with E-state index in [2.05, 4.69) is 10.6 Å². The number of alkyl halides is 3. The summed E-state index contributed by atoms with van der Waals surface area (Å²) >= 11 is 0. The summed E-state index contributed by atoms with van der Waals surface area (Å²) in [5.74, 6) is -1.13. The van der Waals surface area contributed by atoms with E-state index < -0.39 is 30.6 Å². The number of aliphatic carboxylic acids is 1. The molecular weight excluding hydrogens is 265 g/mol. The first kappa shape index (κ1) is 17.5. The lowest BCUT2D eigenvalue weighted by atomic mass is 10.2. The Morgan fingerprint density at radius 3 is 2.37 bits per heavy atom. The predicted octanol–water partition coefficient (Wildman–Crippen LogP) is 2.27. The number of unbranched alkanes of at least 4 members (excludes halogenated alkanes) is 1. The SMILES string of the molecule is CCC[C@H](NC(=O)NCCCCC(F)(F)F)C(=O)O. The Morgan fingerprint density at radius 2 is 1.89 bits per heavy atom. The first-order chi connectivity index (χ1) is 8.76. The van der Waals surface area contributed by atoms with E-state index in [1.165, 1.54) is 0 Å². The van der Waals surface area contributed by atoms with E-state index >= 15 is 0 Å². The van der Waals surface area contributed by atoms with Crippen LogP contribution in [-0.4, -0.2) is 35.9 Å². The zero-order valence-electron chi connectivity index (χ0n) is 10.7. The molecule has 0 rings (SSSR count). The van der Waals surface area contributed by atoms with Crippen molar-refractivity contribution in [1.29, 1.82) is 0 Å². The summed E-state index contributed by atoms with van der Waals surface area (Å²) in [5.41, 5.74) is 0. The van der Waals surface area contributed by atoms with Gasteiger partial charge in [-0.2, -0.15) is 13.2 Å². The maximum atomic E-state index is 11.8. The number of amides is 2. The quantitative estimate of drug-likeness (QED) is 0.598. The van der Waals surface area contributed by atoms with Crippen LogP contribution in [0, 0.1) is 0 Å². The Hall–Kier alpha value is -1.47. The Bertz CT molecular complexity index is 295. The molecule has 2 amide bonds.